The van der Waals surface area contributed by atoms with Gasteiger partial charge >= 0.3 is 12.4 Å². The first-order valence-corrected chi connectivity index (χ1v) is 8.73. The standard InChI is InChI=1S/C18H12F6N6O/c1-2-30-14-11(6-26-7-12(14)27-16(30)13-15(25)29-31-28-13)8-3-9(17(19,20)21)5-10(4-8)18(22,23)24/h3-7H,2H2,1H3,(H2,25,29). The summed E-state index contributed by atoms with van der Waals surface area (Å²) in [6, 6.07) is 1.36. The van der Waals surface area contributed by atoms with Gasteiger partial charge in [-0.2, -0.15) is 26.3 Å². The fourth-order valence-electron chi connectivity index (χ4n) is 3.25. The lowest BCUT2D eigenvalue weighted by atomic mass is 9.99. The zero-order valence-corrected chi connectivity index (χ0v) is 15.6. The Balaban J connectivity index is 2.03. The van der Waals surface area contributed by atoms with E-state index in [1.165, 1.54) is 17.0 Å². The summed E-state index contributed by atoms with van der Waals surface area (Å²) in [5.41, 5.74) is 3.16. The van der Waals surface area contributed by atoms with Crippen LogP contribution >= 0.6 is 0 Å². The zero-order chi connectivity index (χ0) is 22.6. The monoisotopic (exact) mass is 442 g/mol. The highest BCUT2D eigenvalue weighted by molar-refractivity contribution is 5.94. The lowest BCUT2D eigenvalue weighted by molar-refractivity contribution is -0.143. The maximum absolute atomic E-state index is 13.3. The van der Waals surface area contributed by atoms with Crippen LogP contribution in [0.25, 0.3) is 33.7 Å². The van der Waals surface area contributed by atoms with Crippen LogP contribution in [0.3, 0.4) is 0 Å². The first kappa shape index (κ1) is 20.6. The molecule has 0 radical (unpaired) electrons. The molecule has 162 valence electrons. The van der Waals surface area contributed by atoms with Gasteiger partial charge < -0.3 is 10.3 Å². The summed E-state index contributed by atoms with van der Waals surface area (Å²) in [7, 11) is 0. The predicted molar refractivity (Wildman–Crippen MR) is 96.3 cm³/mol. The largest absolute Gasteiger partial charge is 0.416 e. The molecular formula is C18H12F6N6O. The van der Waals surface area contributed by atoms with Gasteiger partial charge in [0, 0.05) is 18.3 Å². The summed E-state index contributed by atoms with van der Waals surface area (Å²) in [5.74, 6) is 0.117. The number of aromatic nitrogens is 5. The molecule has 1 aromatic carbocycles. The minimum absolute atomic E-state index is 0.0322. The summed E-state index contributed by atoms with van der Waals surface area (Å²) in [6.45, 7) is 1.96. The Bertz CT molecular complexity index is 1240. The van der Waals surface area contributed by atoms with E-state index in [4.69, 9.17) is 5.73 Å². The van der Waals surface area contributed by atoms with Crippen LogP contribution in [0.5, 0.6) is 0 Å². The number of nitrogens with two attached hydrogens (primary N) is 1. The van der Waals surface area contributed by atoms with Crippen molar-refractivity contribution in [1.82, 2.24) is 24.8 Å². The van der Waals surface area contributed by atoms with E-state index < -0.39 is 23.5 Å². The SMILES string of the molecule is CCn1c(-c2nonc2N)nc2cncc(-c3cc(C(F)(F)F)cc(C(F)(F)F)c3)c21. The van der Waals surface area contributed by atoms with E-state index in [1.807, 2.05) is 0 Å². The summed E-state index contributed by atoms with van der Waals surface area (Å²) in [5, 5.41) is 7.14. The van der Waals surface area contributed by atoms with Crippen LogP contribution in [0.1, 0.15) is 18.1 Å². The number of hydrogen-bond donors (Lipinski definition) is 1. The molecule has 0 aliphatic carbocycles. The van der Waals surface area contributed by atoms with Gasteiger partial charge in [0.1, 0.15) is 5.52 Å². The maximum Gasteiger partial charge on any atom is 0.416 e. The van der Waals surface area contributed by atoms with Crippen LogP contribution in [0.15, 0.2) is 35.2 Å². The smallest absolute Gasteiger partial charge is 0.379 e. The van der Waals surface area contributed by atoms with E-state index in [2.05, 4.69) is 24.9 Å². The van der Waals surface area contributed by atoms with Crippen molar-refractivity contribution >= 4 is 16.9 Å². The molecule has 31 heavy (non-hydrogen) atoms. The average Bonchev–Trinajstić information content (AvgIpc) is 3.28. The van der Waals surface area contributed by atoms with Crippen LogP contribution < -0.4 is 5.73 Å². The van der Waals surface area contributed by atoms with Crippen LogP contribution in [-0.2, 0) is 18.9 Å². The summed E-state index contributed by atoms with van der Waals surface area (Å²) in [6.07, 6.45) is -7.45. The molecule has 3 aromatic heterocycles. The number of alkyl halides is 6. The van der Waals surface area contributed by atoms with E-state index in [1.54, 1.807) is 6.92 Å². The normalized spacial score (nSPS) is 12.6. The summed E-state index contributed by atoms with van der Waals surface area (Å²) in [4.78, 5) is 8.27. The molecule has 0 spiro atoms. The van der Waals surface area contributed by atoms with Gasteiger partial charge in [-0.3, -0.25) is 4.98 Å². The van der Waals surface area contributed by atoms with E-state index >= 15 is 0 Å². The number of benzene rings is 1. The Morgan fingerprint density at radius 3 is 2.13 bits per heavy atom. The molecule has 0 amide bonds. The lowest BCUT2D eigenvalue weighted by Gasteiger charge is -2.15. The average molecular weight is 442 g/mol. The third-order valence-corrected chi connectivity index (χ3v) is 4.59. The molecule has 0 fully saturated rings. The highest BCUT2D eigenvalue weighted by Crippen LogP contribution is 2.40. The Labute approximate surface area is 169 Å². The number of anilines is 1. The molecule has 4 aromatic rings. The number of nitrogens with zero attached hydrogens (tertiary/aromatic N) is 5. The predicted octanol–water partition coefficient (Wildman–Crippen LogP) is 4.79. The van der Waals surface area contributed by atoms with Crippen LogP contribution in [0.2, 0.25) is 0 Å². The lowest BCUT2D eigenvalue weighted by Crippen LogP contribution is -2.11. The van der Waals surface area contributed by atoms with Crippen molar-refractivity contribution in [1.29, 1.82) is 0 Å². The van der Waals surface area contributed by atoms with Gasteiger partial charge in [-0.1, -0.05) is 0 Å². The second-order valence-corrected chi connectivity index (χ2v) is 6.53. The molecule has 0 saturated heterocycles. The fraction of sp³-hybridized carbons (Fsp3) is 0.222. The number of imidazole rings is 1. The minimum atomic E-state index is -4.98. The van der Waals surface area contributed by atoms with Crippen molar-refractivity contribution in [2.75, 3.05) is 5.73 Å². The summed E-state index contributed by atoms with van der Waals surface area (Å²) < 4.78 is 85.9. The number of rotatable bonds is 3. The number of hydrogen-bond acceptors (Lipinski definition) is 6. The second kappa shape index (κ2) is 6.96. The number of halogens is 6. The molecule has 0 bridgehead atoms. The Kier molecular flexibility index (Phi) is 4.63. The van der Waals surface area contributed by atoms with Crippen LogP contribution in [-0.4, -0.2) is 24.8 Å². The van der Waals surface area contributed by atoms with Crippen molar-refractivity contribution in [2.45, 2.75) is 25.8 Å². The van der Waals surface area contributed by atoms with Crippen molar-refractivity contribution in [3.8, 4) is 22.6 Å². The molecule has 0 unspecified atom stereocenters. The third-order valence-electron chi connectivity index (χ3n) is 4.59. The van der Waals surface area contributed by atoms with E-state index in [9.17, 15) is 26.3 Å². The number of aryl methyl sites for hydroxylation is 1. The van der Waals surface area contributed by atoms with Gasteiger partial charge in [0.15, 0.2) is 17.3 Å². The first-order valence-electron chi connectivity index (χ1n) is 8.73. The Morgan fingerprint density at radius 2 is 1.61 bits per heavy atom. The molecule has 7 nitrogen and oxygen atoms in total. The topological polar surface area (TPSA) is 95.7 Å². The molecule has 3 heterocycles. The number of pyridine rings is 1. The van der Waals surface area contributed by atoms with E-state index in [-0.39, 0.29) is 52.1 Å². The zero-order valence-electron chi connectivity index (χ0n) is 15.6. The number of fused-ring (bicyclic) bond motifs is 1. The minimum Gasteiger partial charge on any atom is -0.379 e. The van der Waals surface area contributed by atoms with Crippen molar-refractivity contribution < 1.29 is 31.0 Å². The van der Waals surface area contributed by atoms with Gasteiger partial charge in [0.2, 0.25) is 0 Å². The van der Waals surface area contributed by atoms with E-state index in [0.29, 0.717) is 12.1 Å². The summed E-state index contributed by atoms with van der Waals surface area (Å²) >= 11 is 0. The molecule has 4 rings (SSSR count). The molecular weight excluding hydrogens is 430 g/mol. The molecule has 2 N–H and O–H groups in total. The quantitative estimate of drug-likeness (QED) is 0.459. The third kappa shape index (κ3) is 3.55. The molecule has 0 atom stereocenters. The first-order chi connectivity index (χ1) is 14.5. The van der Waals surface area contributed by atoms with E-state index in [0.717, 1.165) is 0 Å². The van der Waals surface area contributed by atoms with Gasteiger partial charge in [0.05, 0.1) is 22.8 Å². The van der Waals surface area contributed by atoms with Crippen molar-refractivity contribution in [3.63, 3.8) is 0 Å². The van der Waals surface area contributed by atoms with Crippen LogP contribution in [0.4, 0.5) is 32.2 Å². The van der Waals surface area contributed by atoms with Crippen molar-refractivity contribution in [3.05, 3.63) is 41.7 Å². The second-order valence-electron chi connectivity index (χ2n) is 6.53. The number of nitrogen functional groups attached to an aromatic ring is 1. The van der Waals surface area contributed by atoms with Gasteiger partial charge in [-0.25, -0.2) is 9.61 Å². The molecule has 0 aliphatic heterocycles. The maximum atomic E-state index is 13.3. The fourth-order valence-corrected chi connectivity index (χ4v) is 3.25. The van der Waals surface area contributed by atoms with Crippen LogP contribution in [0, 0.1) is 0 Å². The highest BCUT2D eigenvalue weighted by Gasteiger charge is 2.37. The highest BCUT2D eigenvalue weighted by atomic mass is 19.4. The van der Waals surface area contributed by atoms with Gasteiger partial charge in [0.25, 0.3) is 0 Å². The molecule has 0 saturated carbocycles. The van der Waals surface area contributed by atoms with Gasteiger partial charge in [-0.05, 0) is 41.0 Å². The Hall–Kier alpha value is -3.64. The van der Waals surface area contributed by atoms with Crippen molar-refractivity contribution in [2.24, 2.45) is 0 Å². The molecule has 0 aliphatic rings. The molecule has 13 heteroatoms. The van der Waals surface area contributed by atoms with Gasteiger partial charge in [-0.15, -0.1) is 0 Å². The Morgan fingerprint density at radius 1 is 0.968 bits per heavy atom.